The van der Waals surface area contributed by atoms with Crippen LogP contribution in [0.1, 0.15) is 60.3 Å². The predicted octanol–water partition coefficient (Wildman–Crippen LogP) is 2.71. The van der Waals surface area contributed by atoms with Gasteiger partial charge in [-0.1, -0.05) is 20.8 Å². The number of amides is 1. The number of rotatable bonds is 5. The highest BCUT2D eigenvalue weighted by Crippen LogP contribution is 2.28. The van der Waals surface area contributed by atoms with Gasteiger partial charge in [0.15, 0.2) is 0 Å². The maximum absolute atomic E-state index is 11.8. The zero-order valence-corrected chi connectivity index (χ0v) is 12.7. The molecule has 0 aromatic heterocycles. The molecule has 2 atom stereocenters. The Morgan fingerprint density at radius 2 is 1.72 bits per heavy atom. The molecule has 1 rings (SSSR count). The Bertz CT molecular complexity index is 266. The van der Waals surface area contributed by atoms with E-state index in [4.69, 9.17) is 0 Å². The van der Waals surface area contributed by atoms with E-state index in [1.54, 1.807) is 0 Å². The van der Waals surface area contributed by atoms with Crippen LogP contribution in [0, 0.1) is 11.8 Å². The summed E-state index contributed by atoms with van der Waals surface area (Å²) in [7, 11) is 0. The zero-order chi connectivity index (χ0) is 13.8. The molecule has 18 heavy (non-hydrogen) atoms. The lowest BCUT2D eigenvalue weighted by Gasteiger charge is -2.32. The number of hydrogen-bond donors (Lipinski definition) is 2. The van der Waals surface area contributed by atoms with Crippen LogP contribution in [0.4, 0.5) is 0 Å². The van der Waals surface area contributed by atoms with Gasteiger partial charge in [-0.05, 0) is 51.4 Å². The molecule has 0 bridgehead atoms. The van der Waals surface area contributed by atoms with E-state index < -0.39 is 0 Å². The third-order valence-corrected chi connectivity index (χ3v) is 4.09. The van der Waals surface area contributed by atoms with Crippen molar-refractivity contribution in [3.63, 3.8) is 0 Å². The molecule has 106 valence electrons. The van der Waals surface area contributed by atoms with E-state index in [2.05, 4.69) is 45.3 Å². The number of nitrogens with one attached hydrogen (secondary N) is 2. The molecule has 3 nitrogen and oxygen atoms in total. The summed E-state index contributed by atoms with van der Waals surface area (Å²) in [5.41, 5.74) is -0.0914. The first-order chi connectivity index (χ1) is 8.32. The van der Waals surface area contributed by atoms with Gasteiger partial charge in [0.05, 0.1) is 6.54 Å². The second kappa shape index (κ2) is 6.55. The Morgan fingerprint density at radius 3 is 2.22 bits per heavy atom. The molecule has 1 amide bonds. The highest BCUT2D eigenvalue weighted by Gasteiger charge is 2.24. The van der Waals surface area contributed by atoms with Crippen LogP contribution < -0.4 is 10.6 Å². The van der Waals surface area contributed by atoms with E-state index >= 15 is 0 Å². The quantitative estimate of drug-likeness (QED) is 0.792. The minimum atomic E-state index is -0.0914. The normalized spacial score (nSPS) is 29.1. The molecule has 0 aliphatic heterocycles. The van der Waals surface area contributed by atoms with Crippen molar-refractivity contribution < 1.29 is 4.79 Å². The monoisotopic (exact) mass is 254 g/mol. The van der Waals surface area contributed by atoms with Gasteiger partial charge in [-0.3, -0.25) is 4.79 Å². The highest BCUT2D eigenvalue weighted by molar-refractivity contribution is 5.78. The third kappa shape index (κ3) is 5.38. The van der Waals surface area contributed by atoms with Crippen molar-refractivity contribution in [1.82, 2.24) is 10.6 Å². The molecule has 1 fully saturated rings. The van der Waals surface area contributed by atoms with Crippen LogP contribution in [0.5, 0.6) is 0 Å². The number of hydrogen-bond acceptors (Lipinski definition) is 2. The third-order valence-electron chi connectivity index (χ3n) is 4.09. The van der Waals surface area contributed by atoms with Gasteiger partial charge in [-0.15, -0.1) is 0 Å². The van der Waals surface area contributed by atoms with E-state index in [1.807, 2.05) is 0 Å². The Balaban J connectivity index is 2.30. The Morgan fingerprint density at radius 1 is 1.17 bits per heavy atom. The fraction of sp³-hybridized carbons (Fsp3) is 0.933. The first-order valence-electron chi connectivity index (χ1n) is 7.36. The van der Waals surface area contributed by atoms with Crippen LogP contribution in [0.2, 0.25) is 0 Å². The van der Waals surface area contributed by atoms with E-state index in [-0.39, 0.29) is 11.4 Å². The molecule has 1 aliphatic carbocycles. The standard InChI is InChI=1S/C15H30N2O/c1-6-15(4,5)17-14(18)10-16-13-8-11(2)7-12(3)9-13/h11-13,16H,6-10H2,1-5H3,(H,17,18). The van der Waals surface area contributed by atoms with E-state index in [1.165, 1.54) is 19.3 Å². The molecule has 0 saturated heterocycles. The van der Waals surface area contributed by atoms with Gasteiger partial charge in [0.25, 0.3) is 0 Å². The fourth-order valence-corrected chi connectivity index (χ4v) is 2.86. The van der Waals surface area contributed by atoms with Crippen LogP contribution in [0.15, 0.2) is 0 Å². The summed E-state index contributed by atoms with van der Waals surface area (Å²) in [4.78, 5) is 11.8. The molecular weight excluding hydrogens is 224 g/mol. The van der Waals surface area contributed by atoms with Crippen molar-refractivity contribution in [2.24, 2.45) is 11.8 Å². The summed E-state index contributed by atoms with van der Waals surface area (Å²) >= 11 is 0. The van der Waals surface area contributed by atoms with Gasteiger partial charge in [-0.25, -0.2) is 0 Å². The average molecular weight is 254 g/mol. The van der Waals surface area contributed by atoms with E-state index in [0.29, 0.717) is 12.6 Å². The molecular formula is C15H30N2O. The smallest absolute Gasteiger partial charge is 0.234 e. The minimum Gasteiger partial charge on any atom is -0.350 e. The second-order valence-electron chi connectivity index (χ2n) is 6.78. The number of carbonyl (C=O) groups is 1. The lowest BCUT2D eigenvalue weighted by Crippen LogP contribution is -2.48. The molecule has 0 aromatic carbocycles. The topological polar surface area (TPSA) is 41.1 Å². The Hall–Kier alpha value is -0.570. The molecule has 1 saturated carbocycles. The van der Waals surface area contributed by atoms with Crippen molar-refractivity contribution >= 4 is 5.91 Å². The first-order valence-corrected chi connectivity index (χ1v) is 7.36. The molecule has 0 radical (unpaired) electrons. The van der Waals surface area contributed by atoms with Crippen molar-refractivity contribution in [2.45, 2.75) is 71.9 Å². The molecule has 2 unspecified atom stereocenters. The van der Waals surface area contributed by atoms with Crippen molar-refractivity contribution in [3.05, 3.63) is 0 Å². The molecule has 2 N–H and O–H groups in total. The van der Waals surface area contributed by atoms with Crippen molar-refractivity contribution in [1.29, 1.82) is 0 Å². The van der Waals surface area contributed by atoms with Crippen LogP contribution in [-0.2, 0) is 4.79 Å². The van der Waals surface area contributed by atoms with Gasteiger partial charge in [0, 0.05) is 11.6 Å². The Labute approximate surface area is 112 Å². The van der Waals surface area contributed by atoms with Gasteiger partial charge >= 0.3 is 0 Å². The summed E-state index contributed by atoms with van der Waals surface area (Å²) in [5, 5.41) is 6.48. The lowest BCUT2D eigenvalue weighted by molar-refractivity contribution is -0.122. The lowest BCUT2D eigenvalue weighted by atomic mass is 9.80. The fourth-order valence-electron chi connectivity index (χ4n) is 2.86. The maximum atomic E-state index is 11.8. The molecule has 1 aliphatic rings. The SMILES string of the molecule is CCC(C)(C)NC(=O)CNC1CC(C)CC(C)C1. The van der Waals surface area contributed by atoms with E-state index in [0.717, 1.165) is 18.3 Å². The van der Waals surface area contributed by atoms with Crippen molar-refractivity contribution in [3.8, 4) is 0 Å². The minimum absolute atomic E-state index is 0.0914. The largest absolute Gasteiger partial charge is 0.350 e. The molecule has 0 heterocycles. The van der Waals surface area contributed by atoms with Crippen molar-refractivity contribution in [2.75, 3.05) is 6.54 Å². The summed E-state index contributed by atoms with van der Waals surface area (Å²) in [6.07, 6.45) is 4.69. The molecule has 3 heteroatoms. The summed E-state index contributed by atoms with van der Waals surface area (Å²) in [6, 6.07) is 0.513. The van der Waals surface area contributed by atoms with Gasteiger partial charge in [0.2, 0.25) is 5.91 Å². The average Bonchev–Trinajstić information content (AvgIpc) is 2.24. The Kier molecular flexibility index (Phi) is 5.64. The summed E-state index contributed by atoms with van der Waals surface area (Å²) in [5.74, 6) is 1.68. The second-order valence-corrected chi connectivity index (χ2v) is 6.78. The highest BCUT2D eigenvalue weighted by atomic mass is 16.2. The van der Waals surface area contributed by atoms with Gasteiger partial charge < -0.3 is 10.6 Å². The van der Waals surface area contributed by atoms with Gasteiger partial charge in [0.1, 0.15) is 0 Å². The number of carbonyl (C=O) groups excluding carboxylic acids is 1. The van der Waals surface area contributed by atoms with Crippen LogP contribution in [0.25, 0.3) is 0 Å². The molecule has 0 aromatic rings. The van der Waals surface area contributed by atoms with Crippen LogP contribution in [0.3, 0.4) is 0 Å². The first kappa shape index (κ1) is 15.5. The van der Waals surface area contributed by atoms with Crippen LogP contribution >= 0.6 is 0 Å². The summed E-state index contributed by atoms with van der Waals surface area (Å²) < 4.78 is 0. The summed E-state index contributed by atoms with van der Waals surface area (Å²) in [6.45, 7) is 11.3. The zero-order valence-electron chi connectivity index (χ0n) is 12.7. The predicted molar refractivity (Wildman–Crippen MR) is 76.5 cm³/mol. The van der Waals surface area contributed by atoms with Gasteiger partial charge in [-0.2, -0.15) is 0 Å². The van der Waals surface area contributed by atoms with E-state index in [9.17, 15) is 4.79 Å². The molecule has 0 spiro atoms. The van der Waals surface area contributed by atoms with Crippen LogP contribution in [-0.4, -0.2) is 24.0 Å². The maximum Gasteiger partial charge on any atom is 0.234 e.